The quantitative estimate of drug-likeness (QED) is 0.455. The molecular weight excluding hydrogens is 471 g/mol. The Morgan fingerprint density at radius 2 is 1.79 bits per heavy atom. The normalized spacial score (nSPS) is 14.7. The molecule has 2 heterocycles. The zero-order valence-corrected chi connectivity index (χ0v) is 21.5. The zero-order valence-electron chi connectivity index (χ0n) is 19.9. The van der Waals surface area contributed by atoms with Crippen LogP contribution in [0, 0.1) is 0 Å². The molecule has 4 rings (SSSR count). The van der Waals surface area contributed by atoms with Crippen LogP contribution in [0.25, 0.3) is 0 Å². The van der Waals surface area contributed by atoms with Crippen molar-refractivity contribution >= 4 is 52.9 Å². The van der Waals surface area contributed by atoms with Crippen LogP contribution in [-0.2, 0) is 4.57 Å². The van der Waals surface area contributed by atoms with Crippen LogP contribution in [0.2, 0.25) is 5.02 Å². The fourth-order valence-corrected chi connectivity index (χ4v) is 5.18. The summed E-state index contributed by atoms with van der Waals surface area (Å²) in [5.41, 5.74) is 2.59. The summed E-state index contributed by atoms with van der Waals surface area (Å²) in [6, 6.07) is 13.4. The average Bonchev–Trinajstić information content (AvgIpc) is 2.81. The van der Waals surface area contributed by atoms with Crippen molar-refractivity contribution in [2.24, 2.45) is 0 Å². The molecule has 0 aliphatic carbocycles. The van der Waals surface area contributed by atoms with E-state index in [1.807, 2.05) is 36.4 Å². The van der Waals surface area contributed by atoms with Crippen molar-refractivity contribution in [3.05, 3.63) is 53.7 Å². The summed E-state index contributed by atoms with van der Waals surface area (Å²) in [5.74, 6) is 1.66. The van der Waals surface area contributed by atoms with Gasteiger partial charge in [-0.05, 0) is 50.7 Å². The molecule has 1 aliphatic rings. The maximum absolute atomic E-state index is 12.7. The van der Waals surface area contributed by atoms with Crippen LogP contribution < -0.4 is 25.6 Å². The van der Waals surface area contributed by atoms with Gasteiger partial charge in [-0.25, -0.2) is 4.98 Å². The van der Waals surface area contributed by atoms with Crippen molar-refractivity contribution in [2.45, 2.75) is 0 Å². The summed E-state index contributed by atoms with van der Waals surface area (Å²) in [7, 11) is 1.33. The van der Waals surface area contributed by atoms with Gasteiger partial charge in [0.15, 0.2) is 5.82 Å². The van der Waals surface area contributed by atoms with E-state index in [0.29, 0.717) is 22.5 Å². The van der Waals surface area contributed by atoms with Crippen LogP contribution in [0.3, 0.4) is 0 Å². The van der Waals surface area contributed by atoms with Gasteiger partial charge in [-0.3, -0.25) is 0 Å². The molecule has 1 aliphatic heterocycles. The van der Waals surface area contributed by atoms with E-state index in [4.69, 9.17) is 16.3 Å². The Kier molecular flexibility index (Phi) is 7.31. The molecule has 1 fully saturated rings. The van der Waals surface area contributed by atoms with Crippen molar-refractivity contribution < 1.29 is 9.30 Å². The first-order valence-electron chi connectivity index (χ1n) is 11.1. The number of nitrogens with one attached hydrogen (secondary N) is 2. The minimum Gasteiger partial charge on any atom is -0.495 e. The molecule has 2 aromatic carbocycles. The summed E-state index contributed by atoms with van der Waals surface area (Å²) >= 11 is 6.38. The van der Waals surface area contributed by atoms with Gasteiger partial charge in [-0.15, -0.1) is 0 Å². The Hall–Kier alpha value is -2.80. The number of ether oxygens (including phenoxy) is 1. The fourth-order valence-electron chi connectivity index (χ4n) is 3.88. The number of likely N-dealkylation sites (N-methyl/N-ethyl adjacent to an activating group) is 1. The van der Waals surface area contributed by atoms with Crippen molar-refractivity contribution in [2.75, 3.05) is 69.2 Å². The lowest BCUT2D eigenvalue weighted by Gasteiger charge is -2.34. The maximum Gasteiger partial charge on any atom is 0.229 e. The number of methoxy groups -OCH3 is 1. The van der Waals surface area contributed by atoms with Crippen LogP contribution in [0.4, 0.5) is 28.8 Å². The summed E-state index contributed by atoms with van der Waals surface area (Å²) in [4.78, 5) is 13.6. The number of hydrogen-bond donors (Lipinski definition) is 2. The van der Waals surface area contributed by atoms with Gasteiger partial charge in [0, 0.05) is 37.2 Å². The van der Waals surface area contributed by atoms with Gasteiger partial charge >= 0.3 is 0 Å². The third kappa shape index (κ3) is 5.63. The van der Waals surface area contributed by atoms with E-state index in [0.717, 1.165) is 48.6 Å². The standard InChI is InChI=1S/C24H30ClN6O2P/c1-30-11-13-31(14-12-30)20-15-17(9-10-21(20)33-2)27-24-26-16-18(25)23(29-24)28-19-7-5-6-8-22(19)34(3,4)32/h5-10,15-16H,11-14H2,1-4H3,(H2,26,27,28,29). The second kappa shape index (κ2) is 10.2. The van der Waals surface area contributed by atoms with Gasteiger partial charge in [0.2, 0.25) is 5.95 Å². The highest BCUT2D eigenvalue weighted by molar-refractivity contribution is 7.70. The molecule has 10 heteroatoms. The lowest BCUT2D eigenvalue weighted by Crippen LogP contribution is -2.44. The topological polar surface area (TPSA) is 82.6 Å². The Bertz CT molecular complexity index is 1210. The number of rotatable bonds is 7. The van der Waals surface area contributed by atoms with E-state index < -0.39 is 7.14 Å². The molecule has 0 spiro atoms. The van der Waals surface area contributed by atoms with E-state index in [-0.39, 0.29) is 0 Å². The first kappa shape index (κ1) is 24.3. The molecular formula is C24H30ClN6O2P. The van der Waals surface area contributed by atoms with Gasteiger partial charge < -0.3 is 29.7 Å². The minimum absolute atomic E-state index is 0.371. The molecule has 3 aromatic rings. The molecule has 8 nitrogen and oxygen atoms in total. The number of para-hydroxylation sites is 1. The molecule has 0 bridgehead atoms. The van der Waals surface area contributed by atoms with Gasteiger partial charge in [0.25, 0.3) is 0 Å². The third-order valence-electron chi connectivity index (χ3n) is 5.76. The van der Waals surface area contributed by atoms with Crippen LogP contribution in [0.1, 0.15) is 0 Å². The Morgan fingerprint density at radius 1 is 1.06 bits per heavy atom. The molecule has 0 amide bonds. The first-order chi connectivity index (χ1) is 16.2. The lowest BCUT2D eigenvalue weighted by molar-refractivity contribution is 0.311. The molecule has 2 N–H and O–H groups in total. The van der Waals surface area contributed by atoms with Gasteiger partial charge in [-0.1, -0.05) is 23.7 Å². The van der Waals surface area contributed by atoms with Crippen LogP contribution in [0.5, 0.6) is 5.75 Å². The summed E-state index contributed by atoms with van der Waals surface area (Å²) < 4.78 is 18.3. The highest BCUT2D eigenvalue weighted by atomic mass is 35.5. The first-order valence-corrected chi connectivity index (χ1v) is 14.0. The number of piperazine rings is 1. The second-order valence-corrected chi connectivity index (χ2v) is 12.3. The summed E-state index contributed by atoms with van der Waals surface area (Å²) in [5, 5.41) is 7.62. The molecule has 0 unspecified atom stereocenters. The maximum atomic E-state index is 12.7. The number of nitrogens with zero attached hydrogens (tertiary/aromatic N) is 4. The van der Waals surface area contributed by atoms with Crippen molar-refractivity contribution in [3.8, 4) is 5.75 Å². The highest BCUT2D eigenvalue weighted by Crippen LogP contribution is 2.39. The highest BCUT2D eigenvalue weighted by Gasteiger charge is 2.19. The number of hydrogen-bond acceptors (Lipinski definition) is 8. The van der Waals surface area contributed by atoms with E-state index in [9.17, 15) is 4.57 Å². The van der Waals surface area contributed by atoms with Crippen LogP contribution in [-0.4, -0.2) is 68.5 Å². The van der Waals surface area contributed by atoms with Gasteiger partial charge in [0.05, 0.1) is 24.7 Å². The number of halogens is 1. The molecule has 0 saturated carbocycles. The van der Waals surface area contributed by atoms with Crippen molar-refractivity contribution in [1.82, 2.24) is 14.9 Å². The Balaban J connectivity index is 1.59. The lowest BCUT2D eigenvalue weighted by atomic mass is 10.2. The van der Waals surface area contributed by atoms with Gasteiger partial charge in [-0.2, -0.15) is 4.98 Å². The molecule has 0 radical (unpaired) electrons. The van der Waals surface area contributed by atoms with E-state index in [2.05, 4.69) is 43.5 Å². The predicted octanol–water partition coefficient (Wildman–Crippen LogP) is 4.63. The van der Waals surface area contributed by atoms with E-state index >= 15 is 0 Å². The minimum atomic E-state index is -2.49. The molecule has 34 heavy (non-hydrogen) atoms. The number of anilines is 5. The Labute approximate surface area is 205 Å². The molecule has 180 valence electrons. The van der Waals surface area contributed by atoms with Crippen LogP contribution in [0.15, 0.2) is 48.7 Å². The smallest absolute Gasteiger partial charge is 0.229 e. The molecule has 1 saturated heterocycles. The summed E-state index contributed by atoms with van der Waals surface area (Å²) in [6.07, 6.45) is 1.55. The number of benzene rings is 2. The van der Waals surface area contributed by atoms with Crippen molar-refractivity contribution in [3.63, 3.8) is 0 Å². The van der Waals surface area contributed by atoms with E-state index in [1.165, 1.54) is 0 Å². The fraction of sp³-hybridized carbons (Fsp3) is 0.333. The van der Waals surface area contributed by atoms with Crippen LogP contribution >= 0.6 is 18.7 Å². The second-order valence-electron chi connectivity index (χ2n) is 8.69. The third-order valence-corrected chi connectivity index (χ3v) is 7.59. The summed E-state index contributed by atoms with van der Waals surface area (Å²) in [6.45, 7) is 7.34. The average molecular weight is 501 g/mol. The predicted molar refractivity (Wildman–Crippen MR) is 142 cm³/mol. The largest absolute Gasteiger partial charge is 0.495 e. The molecule has 0 atom stereocenters. The zero-order chi connectivity index (χ0) is 24.3. The monoisotopic (exact) mass is 500 g/mol. The SMILES string of the molecule is COc1ccc(Nc2ncc(Cl)c(Nc3ccccc3P(C)(C)=O)n2)cc1N1CCN(C)CC1. The molecule has 1 aromatic heterocycles. The van der Waals surface area contributed by atoms with E-state index in [1.54, 1.807) is 26.6 Å². The van der Waals surface area contributed by atoms with Crippen molar-refractivity contribution in [1.29, 1.82) is 0 Å². The van der Waals surface area contributed by atoms with Gasteiger partial charge in [0.1, 0.15) is 17.9 Å². The number of aromatic nitrogens is 2. The Morgan fingerprint density at radius 3 is 2.50 bits per heavy atom.